The SMILES string of the molecule is CC(C)(C)[Si](C)(C)O[C@H](CO)[C@H](Cc1ccc2c(c1)OCO2)NC(=O)O. The van der Waals surface area contributed by atoms with Gasteiger partial charge < -0.3 is 29.4 Å². The Morgan fingerprint density at radius 1 is 1.31 bits per heavy atom. The standard InChI is InChI=1S/C18H29NO6Si/c1-18(2,3)26(4,5)25-16(10-20)13(19-17(21)22)8-12-6-7-14-15(9-12)24-11-23-14/h6-7,9,13,16,19-20H,8,10-11H2,1-5H3,(H,21,22)/t13-,16+/m0/s1. The number of amides is 1. The molecule has 0 bridgehead atoms. The first-order valence-corrected chi connectivity index (χ1v) is 11.6. The molecule has 1 aliphatic heterocycles. The van der Waals surface area contributed by atoms with Crippen molar-refractivity contribution in [2.24, 2.45) is 0 Å². The van der Waals surface area contributed by atoms with Crippen LogP contribution in [0.15, 0.2) is 18.2 Å². The molecule has 2 atom stereocenters. The molecular formula is C18H29NO6Si. The predicted octanol–water partition coefficient (Wildman–Crippen LogP) is 2.98. The van der Waals surface area contributed by atoms with Crippen LogP contribution in [0.4, 0.5) is 4.79 Å². The number of fused-ring (bicyclic) bond motifs is 1. The van der Waals surface area contributed by atoms with E-state index in [4.69, 9.17) is 13.9 Å². The fraction of sp³-hybridized carbons (Fsp3) is 0.611. The molecule has 1 aromatic rings. The van der Waals surface area contributed by atoms with Crippen LogP contribution in [0, 0.1) is 0 Å². The zero-order chi connectivity index (χ0) is 19.5. The first-order chi connectivity index (χ1) is 12.0. The lowest BCUT2D eigenvalue weighted by atomic mass is 10.0. The third kappa shape index (κ3) is 4.90. The molecule has 0 fully saturated rings. The highest BCUT2D eigenvalue weighted by atomic mass is 28.4. The van der Waals surface area contributed by atoms with Gasteiger partial charge in [0.25, 0.3) is 0 Å². The Morgan fingerprint density at radius 3 is 2.54 bits per heavy atom. The van der Waals surface area contributed by atoms with Crippen molar-refractivity contribution < 1.29 is 28.9 Å². The number of nitrogens with one attached hydrogen (secondary N) is 1. The average Bonchev–Trinajstić information content (AvgIpc) is 2.98. The molecule has 0 saturated carbocycles. The quantitative estimate of drug-likeness (QED) is 0.626. The molecule has 146 valence electrons. The van der Waals surface area contributed by atoms with Crippen molar-refractivity contribution in [3.8, 4) is 11.5 Å². The van der Waals surface area contributed by atoms with E-state index in [0.717, 1.165) is 5.56 Å². The second kappa shape index (κ2) is 7.85. The number of ether oxygens (including phenoxy) is 2. The Labute approximate surface area is 155 Å². The first kappa shape index (κ1) is 20.5. The largest absolute Gasteiger partial charge is 0.465 e. The topological polar surface area (TPSA) is 97.3 Å². The fourth-order valence-corrected chi connectivity index (χ4v) is 3.91. The van der Waals surface area contributed by atoms with Gasteiger partial charge in [-0.05, 0) is 42.2 Å². The Morgan fingerprint density at radius 2 is 1.96 bits per heavy atom. The third-order valence-corrected chi connectivity index (χ3v) is 9.59. The van der Waals surface area contributed by atoms with Crippen LogP contribution in [0.3, 0.4) is 0 Å². The van der Waals surface area contributed by atoms with Crippen LogP contribution in [0.5, 0.6) is 11.5 Å². The van der Waals surface area contributed by atoms with Crippen LogP contribution in [0.1, 0.15) is 26.3 Å². The van der Waals surface area contributed by atoms with E-state index in [1.54, 1.807) is 6.07 Å². The molecule has 0 spiro atoms. The van der Waals surface area contributed by atoms with Crippen LogP contribution in [-0.4, -0.2) is 50.2 Å². The van der Waals surface area contributed by atoms with Gasteiger partial charge >= 0.3 is 6.09 Å². The van der Waals surface area contributed by atoms with Crippen LogP contribution in [0.2, 0.25) is 18.1 Å². The van der Waals surface area contributed by atoms with Crippen molar-refractivity contribution in [1.82, 2.24) is 5.32 Å². The van der Waals surface area contributed by atoms with Gasteiger partial charge in [0.1, 0.15) is 0 Å². The molecule has 1 aliphatic rings. The maximum atomic E-state index is 11.3. The monoisotopic (exact) mass is 383 g/mol. The molecule has 0 radical (unpaired) electrons. The van der Waals surface area contributed by atoms with Crippen molar-refractivity contribution in [2.45, 2.75) is 57.5 Å². The number of carboxylic acid groups (broad SMARTS) is 1. The highest BCUT2D eigenvalue weighted by molar-refractivity contribution is 6.74. The number of carbonyl (C=O) groups is 1. The molecular weight excluding hydrogens is 354 g/mol. The van der Waals surface area contributed by atoms with E-state index in [-0.39, 0.29) is 18.4 Å². The Kier molecular flexibility index (Phi) is 6.20. The summed E-state index contributed by atoms with van der Waals surface area (Å²) < 4.78 is 17.0. The Hall–Kier alpha value is -1.77. The zero-order valence-electron chi connectivity index (χ0n) is 16.0. The lowest BCUT2D eigenvalue weighted by Crippen LogP contribution is -2.53. The lowest BCUT2D eigenvalue weighted by Gasteiger charge is -2.41. The third-order valence-electron chi connectivity index (χ3n) is 5.08. The highest BCUT2D eigenvalue weighted by Gasteiger charge is 2.41. The minimum atomic E-state index is -2.17. The molecule has 3 N–H and O–H groups in total. The van der Waals surface area contributed by atoms with E-state index >= 15 is 0 Å². The molecule has 26 heavy (non-hydrogen) atoms. The van der Waals surface area contributed by atoms with Crippen molar-refractivity contribution in [2.75, 3.05) is 13.4 Å². The van der Waals surface area contributed by atoms with Gasteiger partial charge in [-0.15, -0.1) is 0 Å². The number of hydrogen-bond donors (Lipinski definition) is 3. The summed E-state index contributed by atoms with van der Waals surface area (Å²) in [5.41, 5.74) is 0.880. The zero-order valence-corrected chi connectivity index (χ0v) is 17.0. The van der Waals surface area contributed by atoms with Crippen molar-refractivity contribution in [3.63, 3.8) is 0 Å². The molecule has 0 aromatic heterocycles. The molecule has 8 heteroatoms. The molecule has 1 aromatic carbocycles. The minimum absolute atomic E-state index is 0.0487. The van der Waals surface area contributed by atoms with Gasteiger partial charge in [0.2, 0.25) is 6.79 Å². The number of hydrogen-bond acceptors (Lipinski definition) is 5. The van der Waals surface area contributed by atoms with Crippen molar-refractivity contribution >= 4 is 14.4 Å². The molecule has 0 unspecified atom stereocenters. The van der Waals surface area contributed by atoms with Gasteiger partial charge in [-0.3, -0.25) is 0 Å². The van der Waals surface area contributed by atoms with Gasteiger partial charge in [0.15, 0.2) is 19.8 Å². The summed E-state index contributed by atoms with van der Waals surface area (Å²) in [5.74, 6) is 1.31. The smallest absolute Gasteiger partial charge is 0.404 e. The molecule has 0 saturated heterocycles. The molecule has 1 heterocycles. The maximum Gasteiger partial charge on any atom is 0.404 e. The molecule has 0 aliphatic carbocycles. The summed E-state index contributed by atoms with van der Waals surface area (Å²) >= 11 is 0. The van der Waals surface area contributed by atoms with Crippen LogP contribution in [-0.2, 0) is 10.8 Å². The number of benzene rings is 1. The summed E-state index contributed by atoms with van der Waals surface area (Å²) in [6.45, 7) is 10.4. The number of rotatable bonds is 7. The average molecular weight is 384 g/mol. The Bertz CT molecular complexity index is 643. The summed E-state index contributed by atoms with van der Waals surface area (Å²) in [6.07, 6.45) is -1.39. The van der Waals surface area contributed by atoms with Crippen LogP contribution in [0.25, 0.3) is 0 Å². The van der Waals surface area contributed by atoms with E-state index < -0.39 is 26.6 Å². The van der Waals surface area contributed by atoms with Gasteiger partial charge in [0.05, 0.1) is 18.8 Å². The van der Waals surface area contributed by atoms with Crippen LogP contribution >= 0.6 is 0 Å². The molecule has 2 rings (SSSR count). The van der Waals surface area contributed by atoms with Crippen molar-refractivity contribution in [1.29, 1.82) is 0 Å². The fourth-order valence-electron chi connectivity index (χ4n) is 2.56. The van der Waals surface area contributed by atoms with Crippen LogP contribution < -0.4 is 14.8 Å². The van der Waals surface area contributed by atoms with Gasteiger partial charge in [-0.2, -0.15) is 0 Å². The maximum absolute atomic E-state index is 11.3. The van der Waals surface area contributed by atoms with E-state index in [2.05, 4.69) is 39.2 Å². The Balaban J connectivity index is 2.20. The second-order valence-electron chi connectivity index (χ2n) is 8.05. The summed E-state index contributed by atoms with van der Waals surface area (Å²) in [5, 5.41) is 21.6. The first-order valence-electron chi connectivity index (χ1n) is 8.70. The predicted molar refractivity (Wildman–Crippen MR) is 100 cm³/mol. The number of aliphatic hydroxyl groups excluding tert-OH is 1. The van der Waals surface area contributed by atoms with Crippen molar-refractivity contribution in [3.05, 3.63) is 23.8 Å². The summed E-state index contributed by atoms with van der Waals surface area (Å²) in [7, 11) is -2.17. The highest BCUT2D eigenvalue weighted by Crippen LogP contribution is 2.38. The number of aliphatic hydroxyl groups is 1. The lowest BCUT2D eigenvalue weighted by molar-refractivity contribution is 0.0701. The van der Waals surface area contributed by atoms with E-state index in [1.165, 1.54) is 0 Å². The molecule has 1 amide bonds. The van der Waals surface area contributed by atoms with Gasteiger partial charge in [-0.25, -0.2) is 4.79 Å². The van der Waals surface area contributed by atoms with E-state index in [0.29, 0.717) is 17.9 Å². The van der Waals surface area contributed by atoms with Gasteiger partial charge in [0, 0.05) is 0 Å². The summed E-state index contributed by atoms with van der Waals surface area (Å²) in [4.78, 5) is 11.3. The van der Waals surface area contributed by atoms with E-state index in [9.17, 15) is 15.0 Å². The van der Waals surface area contributed by atoms with E-state index in [1.807, 2.05) is 12.1 Å². The van der Waals surface area contributed by atoms with Gasteiger partial charge in [-0.1, -0.05) is 26.8 Å². The second-order valence-corrected chi connectivity index (χ2v) is 12.8. The molecule has 7 nitrogen and oxygen atoms in total. The normalized spacial score (nSPS) is 16.2. The summed E-state index contributed by atoms with van der Waals surface area (Å²) in [6, 6.07) is 4.93. The minimum Gasteiger partial charge on any atom is -0.465 e.